The summed E-state index contributed by atoms with van der Waals surface area (Å²) >= 11 is 0. The lowest BCUT2D eigenvalue weighted by Gasteiger charge is -2.08. The zero-order valence-electron chi connectivity index (χ0n) is 11.5. The number of nitrogens with zero attached hydrogens (tertiary/aromatic N) is 1. The van der Waals surface area contributed by atoms with Crippen molar-refractivity contribution in [2.24, 2.45) is 0 Å². The Morgan fingerprint density at radius 3 is 2.27 bits per heavy atom. The molecule has 0 heterocycles. The molecule has 8 nitrogen and oxygen atoms in total. The minimum Gasteiger partial charge on any atom is -0.480 e. The predicted molar refractivity (Wildman–Crippen MR) is 76.0 cm³/mol. The molecule has 0 aliphatic rings. The summed E-state index contributed by atoms with van der Waals surface area (Å²) < 4.78 is 0. The number of amides is 1. The van der Waals surface area contributed by atoms with Gasteiger partial charge in [-0.2, -0.15) is 5.26 Å². The first kappa shape index (κ1) is 16.7. The molecule has 0 bridgehead atoms. The zero-order chi connectivity index (χ0) is 16.7. The molecule has 1 unspecified atom stereocenters. The highest BCUT2D eigenvalue weighted by Gasteiger charge is 2.16. The van der Waals surface area contributed by atoms with Gasteiger partial charge in [-0.25, -0.2) is 4.79 Å². The smallest absolute Gasteiger partial charge is 0.335 e. The Bertz CT molecular complexity index is 658. The maximum atomic E-state index is 11.7. The van der Waals surface area contributed by atoms with Crippen LogP contribution < -0.4 is 10.6 Å². The van der Waals surface area contributed by atoms with Gasteiger partial charge in [-0.05, 0) is 31.2 Å². The Labute approximate surface area is 125 Å². The molecular formula is C14H13N3O5. The number of carbonyl (C=O) groups is 3. The average molecular weight is 303 g/mol. The lowest BCUT2D eigenvalue weighted by molar-refractivity contribution is -0.140. The lowest BCUT2D eigenvalue weighted by atomic mass is 10.2. The van der Waals surface area contributed by atoms with Crippen LogP contribution in [0.1, 0.15) is 17.3 Å². The van der Waals surface area contributed by atoms with Gasteiger partial charge in [-0.15, -0.1) is 0 Å². The zero-order valence-corrected chi connectivity index (χ0v) is 11.5. The third kappa shape index (κ3) is 4.64. The highest BCUT2D eigenvalue weighted by atomic mass is 16.4. The fraction of sp³-hybridized carbons (Fsp3) is 0.143. The van der Waals surface area contributed by atoms with Crippen LogP contribution in [0.5, 0.6) is 0 Å². The first-order chi connectivity index (χ1) is 10.3. The van der Waals surface area contributed by atoms with Crippen LogP contribution in [0.2, 0.25) is 0 Å². The molecule has 1 rings (SSSR count). The maximum Gasteiger partial charge on any atom is 0.335 e. The minimum absolute atomic E-state index is 0.100. The molecule has 0 radical (unpaired) electrons. The van der Waals surface area contributed by atoms with Gasteiger partial charge in [0.1, 0.15) is 17.7 Å². The molecule has 22 heavy (non-hydrogen) atoms. The number of aliphatic carboxylic acids is 1. The van der Waals surface area contributed by atoms with E-state index in [0.29, 0.717) is 5.69 Å². The summed E-state index contributed by atoms with van der Waals surface area (Å²) in [6, 6.07) is 6.17. The van der Waals surface area contributed by atoms with Gasteiger partial charge in [0.15, 0.2) is 0 Å². The number of hydrogen-bond donors (Lipinski definition) is 4. The summed E-state index contributed by atoms with van der Waals surface area (Å²) in [5, 5.41) is 31.1. The van der Waals surface area contributed by atoms with Crippen molar-refractivity contribution in [3.05, 3.63) is 41.6 Å². The molecule has 0 aliphatic carbocycles. The van der Waals surface area contributed by atoms with Crippen LogP contribution in [-0.4, -0.2) is 34.1 Å². The molecule has 1 amide bonds. The van der Waals surface area contributed by atoms with E-state index in [1.165, 1.54) is 31.2 Å². The third-order valence-corrected chi connectivity index (χ3v) is 2.60. The standard InChI is InChI=1S/C14H13N3O5/c1-8(13(19)20)17-12(18)10(6-15)7-16-11-4-2-9(3-5-11)14(21)22/h2-5,7-8,16H,1H3,(H,17,18)(H,19,20)(H,21,22)/b10-7-. The van der Waals surface area contributed by atoms with Gasteiger partial charge in [-0.1, -0.05) is 0 Å². The third-order valence-electron chi connectivity index (χ3n) is 2.60. The Morgan fingerprint density at radius 2 is 1.82 bits per heavy atom. The van der Waals surface area contributed by atoms with Gasteiger partial charge in [0.05, 0.1) is 5.56 Å². The van der Waals surface area contributed by atoms with Gasteiger partial charge < -0.3 is 20.8 Å². The van der Waals surface area contributed by atoms with Crippen molar-refractivity contribution in [3.63, 3.8) is 0 Å². The number of carboxylic acid groups (broad SMARTS) is 2. The van der Waals surface area contributed by atoms with E-state index in [0.717, 1.165) is 6.20 Å². The molecule has 1 aromatic carbocycles. The van der Waals surface area contributed by atoms with Crippen LogP contribution in [0.15, 0.2) is 36.0 Å². The molecule has 0 spiro atoms. The van der Waals surface area contributed by atoms with Gasteiger partial charge in [-0.3, -0.25) is 9.59 Å². The number of nitrogens with one attached hydrogen (secondary N) is 2. The molecule has 1 atom stereocenters. The summed E-state index contributed by atoms with van der Waals surface area (Å²) in [5.41, 5.74) is 0.260. The maximum absolute atomic E-state index is 11.7. The molecule has 1 aromatic rings. The van der Waals surface area contributed by atoms with Crippen LogP contribution in [0.4, 0.5) is 5.69 Å². The van der Waals surface area contributed by atoms with Gasteiger partial charge >= 0.3 is 11.9 Å². The Balaban J connectivity index is 2.77. The molecule has 0 saturated heterocycles. The van der Waals surface area contributed by atoms with E-state index in [2.05, 4.69) is 10.6 Å². The molecule has 114 valence electrons. The number of carboxylic acids is 2. The van der Waals surface area contributed by atoms with E-state index < -0.39 is 23.9 Å². The van der Waals surface area contributed by atoms with Crippen molar-refractivity contribution >= 4 is 23.5 Å². The molecule has 0 saturated carbocycles. The van der Waals surface area contributed by atoms with E-state index >= 15 is 0 Å². The summed E-state index contributed by atoms with van der Waals surface area (Å²) in [5.74, 6) is -3.11. The fourth-order valence-corrected chi connectivity index (χ4v) is 1.35. The number of nitriles is 1. The highest BCUT2D eigenvalue weighted by molar-refractivity contribution is 5.99. The minimum atomic E-state index is -1.22. The number of aromatic carboxylic acids is 1. The molecule has 0 aliphatic heterocycles. The monoisotopic (exact) mass is 303 g/mol. The van der Waals surface area contributed by atoms with E-state index in [1.807, 2.05) is 0 Å². The second kappa shape index (κ2) is 7.44. The van der Waals surface area contributed by atoms with Crippen LogP contribution >= 0.6 is 0 Å². The van der Waals surface area contributed by atoms with Crippen molar-refractivity contribution in [2.45, 2.75) is 13.0 Å². The highest BCUT2D eigenvalue weighted by Crippen LogP contribution is 2.10. The first-order valence-electron chi connectivity index (χ1n) is 6.09. The molecular weight excluding hydrogens is 290 g/mol. The summed E-state index contributed by atoms with van der Waals surface area (Å²) in [6.07, 6.45) is 1.11. The van der Waals surface area contributed by atoms with E-state index in [4.69, 9.17) is 15.5 Å². The van der Waals surface area contributed by atoms with Gasteiger partial charge in [0.25, 0.3) is 5.91 Å². The van der Waals surface area contributed by atoms with Crippen LogP contribution in [-0.2, 0) is 9.59 Å². The summed E-state index contributed by atoms with van der Waals surface area (Å²) in [7, 11) is 0. The largest absolute Gasteiger partial charge is 0.480 e. The Morgan fingerprint density at radius 1 is 1.23 bits per heavy atom. The van der Waals surface area contributed by atoms with E-state index in [9.17, 15) is 14.4 Å². The number of hydrogen-bond acceptors (Lipinski definition) is 5. The Hall–Kier alpha value is -3.34. The number of carbonyl (C=O) groups excluding carboxylic acids is 1. The van der Waals surface area contributed by atoms with Gasteiger partial charge in [0.2, 0.25) is 0 Å². The van der Waals surface area contributed by atoms with E-state index in [1.54, 1.807) is 6.07 Å². The van der Waals surface area contributed by atoms with Crippen molar-refractivity contribution < 1.29 is 24.6 Å². The average Bonchev–Trinajstić information content (AvgIpc) is 2.48. The fourth-order valence-electron chi connectivity index (χ4n) is 1.35. The number of rotatable bonds is 6. The topological polar surface area (TPSA) is 140 Å². The van der Waals surface area contributed by atoms with Crippen molar-refractivity contribution in [1.82, 2.24) is 5.32 Å². The normalized spacial score (nSPS) is 11.9. The van der Waals surface area contributed by atoms with Gasteiger partial charge in [0, 0.05) is 11.9 Å². The van der Waals surface area contributed by atoms with Crippen molar-refractivity contribution in [1.29, 1.82) is 5.26 Å². The van der Waals surface area contributed by atoms with E-state index in [-0.39, 0.29) is 11.1 Å². The number of benzene rings is 1. The lowest BCUT2D eigenvalue weighted by Crippen LogP contribution is -2.39. The first-order valence-corrected chi connectivity index (χ1v) is 6.09. The SMILES string of the molecule is CC(NC(=O)/C(C#N)=C\Nc1ccc(C(=O)O)cc1)C(=O)O. The van der Waals surface area contributed by atoms with Crippen LogP contribution in [0.25, 0.3) is 0 Å². The summed E-state index contributed by atoms with van der Waals surface area (Å²) in [6.45, 7) is 1.27. The van der Waals surface area contributed by atoms with Crippen molar-refractivity contribution in [3.8, 4) is 6.07 Å². The quantitative estimate of drug-likeness (QED) is 0.450. The predicted octanol–water partition coefficient (Wildman–Crippen LogP) is 0.793. The second-order valence-corrected chi connectivity index (χ2v) is 4.23. The summed E-state index contributed by atoms with van der Waals surface area (Å²) in [4.78, 5) is 33.0. The molecule has 0 fully saturated rings. The molecule has 4 N–H and O–H groups in total. The molecule has 8 heteroatoms. The van der Waals surface area contributed by atoms with Crippen LogP contribution in [0, 0.1) is 11.3 Å². The van der Waals surface area contributed by atoms with Crippen LogP contribution in [0.3, 0.4) is 0 Å². The second-order valence-electron chi connectivity index (χ2n) is 4.23. The molecule has 0 aromatic heterocycles. The number of anilines is 1. The van der Waals surface area contributed by atoms with Crippen molar-refractivity contribution in [2.75, 3.05) is 5.32 Å². The Kier molecular flexibility index (Phi) is 5.66.